The fourth-order valence-electron chi connectivity index (χ4n) is 3.24. The average Bonchev–Trinajstić information content (AvgIpc) is 2.77. The van der Waals surface area contributed by atoms with E-state index >= 15 is 0 Å². The highest BCUT2D eigenvalue weighted by Gasteiger charge is 2.14. The van der Waals surface area contributed by atoms with E-state index in [1.807, 2.05) is 36.4 Å². The van der Waals surface area contributed by atoms with Crippen LogP contribution in [0, 0.1) is 0 Å². The molecule has 1 N–H and O–H groups in total. The van der Waals surface area contributed by atoms with E-state index in [0.717, 1.165) is 21.9 Å². The number of esters is 1. The van der Waals surface area contributed by atoms with Crippen LogP contribution in [0.3, 0.4) is 0 Å². The largest absolute Gasteiger partial charge is 0.506 e. The lowest BCUT2D eigenvalue weighted by molar-refractivity contribution is -0.133. The van der Waals surface area contributed by atoms with Crippen LogP contribution in [0.1, 0.15) is 6.42 Å². The molecular weight excluding hydrogens is 412 g/mol. The molecule has 0 bridgehead atoms. The van der Waals surface area contributed by atoms with Gasteiger partial charge in [-0.1, -0.05) is 54.1 Å². The summed E-state index contributed by atoms with van der Waals surface area (Å²) in [5.74, 6) is 1.34. The van der Waals surface area contributed by atoms with Gasteiger partial charge >= 0.3 is 5.97 Å². The molecule has 0 spiro atoms. The van der Waals surface area contributed by atoms with Gasteiger partial charge in [-0.05, 0) is 53.4 Å². The highest BCUT2D eigenvalue weighted by molar-refractivity contribution is 6.32. The number of carbonyl (C=O) groups is 1. The molecule has 0 radical (unpaired) electrons. The smallest absolute Gasteiger partial charge is 0.315 e. The maximum atomic E-state index is 11.6. The van der Waals surface area contributed by atoms with E-state index in [4.69, 9.17) is 21.1 Å². The molecule has 4 rings (SSSR count). The molecule has 0 heterocycles. The zero-order chi connectivity index (χ0) is 21.8. The molecule has 31 heavy (non-hydrogen) atoms. The Balaban J connectivity index is 1.73. The van der Waals surface area contributed by atoms with Gasteiger partial charge < -0.3 is 14.6 Å². The van der Waals surface area contributed by atoms with Gasteiger partial charge in [-0.3, -0.25) is 4.79 Å². The lowest BCUT2D eigenvalue weighted by Gasteiger charge is -2.15. The Morgan fingerprint density at radius 3 is 2.45 bits per heavy atom. The van der Waals surface area contributed by atoms with Crippen molar-refractivity contribution in [1.82, 2.24) is 0 Å². The molecule has 0 fully saturated rings. The van der Waals surface area contributed by atoms with Crippen molar-refractivity contribution >= 4 is 28.3 Å². The van der Waals surface area contributed by atoms with Crippen LogP contribution in [0.4, 0.5) is 0 Å². The second kappa shape index (κ2) is 8.94. The number of carbonyl (C=O) groups excluding carboxylic acids is 1. The van der Waals surface area contributed by atoms with E-state index in [2.05, 4.69) is 6.58 Å². The van der Waals surface area contributed by atoms with Crippen LogP contribution < -0.4 is 9.47 Å². The van der Waals surface area contributed by atoms with Gasteiger partial charge in [-0.25, -0.2) is 0 Å². The summed E-state index contributed by atoms with van der Waals surface area (Å²) < 4.78 is 11.5. The van der Waals surface area contributed by atoms with Gasteiger partial charge in [0, 0.05) is 10.9 Å². The molecule has 0 unspecified atom stereocenters. The predicted molar refractivity (Wildman–Crippen MR) is 123 cm³/mol. The van der Waals surface area contributed by atoms with Gasteiger partial charge in [-0.2, -0.15) is 0 Å². The van der Waals surface area contributed by atoms with E-state index in [1.54, 1.807) is 42.5 Å². The topological polar surface area (TPSA) is 55.8 Å². The quantitative estimate of drug-likeness (QED) is 0.200. The summed E-state index contributed by atoms with van der Waals surface area (Å²) in [5, 5.41) is 12.0. The molecule has 4 aromatic carbocycles. The Labute approximate surface area is 184 Å². The minimum atomic E-state index is -0.371. The summed E-state index contributed by atoms with van der Waals surface area (Å²) in [6.07, 6.45) is 1.64. The molecule has 5 heteroatoms. The van der Waals surface area contributed by atoms with Crippen molar-refractivity contribution in [1.29, 1.82) is 0 Å². The molecule has 4 aromatic rings. The monoisotopic (exact) mass is 430 g/mol. The lowest BCUT2D eigenvalue weighted by Crippen LogP contribution is -2.05. The number of halogens is 1. The Kier molecular flexibility index (Phi) is 5.92. The molecule has 0 saturated heterocycles. The third-order valence-electron chi connectivity index (χ3n) is 4.72. The maximum Gasteiger partial charge on any atom is 0.315 e. The fraction of sp³-hybridized carbons (Fsp3) is 0.0385. The fourth-order valence-corrected chi connectivity index (χ4v) is 3.42. The average molecular weight is 431 g/mol. The molecule has 0 atom stereocenters. The number of ether oxygens (including phenoxy) is 2. The summed E-state index contributed by atoms with van der Waals surface area (Å²) in [6.45, 7) is 3.53. The number of fused-ring (bicyclic) bond motifs is 1. The number of benzene rings is 4. The summed E-state index contributed by atoms with van der Waals surface area (Å²) in [6, 6.07) is 23.8. The molecule has 0 aliphatic carbocycles. The Bertz CT molecular complexity index is 1260. The van der Waals surface area contributed by atoms with Crippen molar-refractivity contribution in [3.8, 4) is 34.1 Å². The van der Waals surface area contributed by atoms with Crippen molar-refractivity contribution < 1.29 is 19.4 Å². The van der Waals surface area contributed by atoms with Crippen LogP contribution in [0.2, 0.25) is 5.02 Å². The van der Waals surface area contributed by atoms with Crippen molar-refractivity contribution in [2.75, 3.05) is 0 Å². The molecule has 4 nitrogen and oxygen atoms in total. The standard InChI is InChI=1S/C26H19ClO4/c1-2-5-25(29)30-19-10-12-20(13-11-19)31-26-21-7-4-3-6-17(21)8-14-22(26)18-9-15-24(28)23(27)16-18/h2-4,6-16,28H,1,5H2. The Morgan fingerprint density at radius 1 is 0.968 bits per heavy atom. The molecule has 154 valence electrons. The second-order valence-electron chi connectivity index (χ2n) is 6.87. The Morgan fingerprint density at radius 2 is 1.71 bits per heavy atom. The predicted octanol–water partition coefficient (Wildman–Crippen LogP) is 7.14. The van der Waals surface area contributed by atoms with Gasteiger partial charge in [0.1, 0.15) is 23.0 Å². The molecule has 0 amide bonds. The Hall–Kier alpha value is -3.76. The molecule has 0 aliphatic rings. The first-order chi connectivity index (χ1) is 15.0. The van der Waals surface area contributed by atoms with E-state index in [0.29, 0.717) is 17.2 Å². The number of aromatic hydroxyl groups is 1. The second-order valence-corrected chi connectivity index (χ2v) is 7.28. The van der Waals surface area contributed by atoms with Crippen molar-refractivity contribution in [3.05, 3.63) is 96.5 Å². The molecule has 0 aliphatic heterocycles. The highest BCUT2D eigenvalue weighted by Crippen LogP contribution is 2.41. The third-order valence-corrected chi connectivity index (χ3v) is 5.03. The summed E-state index contributed by atoms with van der Waals surface area (Å²) in [7, 11) is 0. The van der Waals surface area contributed by atoms with Crippen LogP contribution >= 0.6 is 11.6 Å². The van der Waals surface area contributed by atoms with Crippen LogP contribution in [-0.2, 0) is 4.79 Å². The van der Waals surface area contributed by atoms with Crippen molar-refractivity contribution in [2.24, 2.45) is 0 Å². The first-order valence-corrected chi connectivity index (χ1v) is 10.0. The molecule has 0 aromatic heterocycles. The van der Waals surface area contributed by atoms with Crippen LogP contribution in [0.15, 0.2) is 91.5 Å². The maximum absolute atomic E-state index is 11.6. The summed E-state index contributed by atoms with van der Waals surface area (Å²) in [4.78, 5) is 11.6. The van der Waals surface area contributed by atoms with Crippen molar-refractivity contribution in [3.63, 3.8) is 0 Å². The number of phenolic OH excluding ortho intramolecular Hbond substituents is 1. The van der Waals surface area contributed by atoms with Crippen LogP contribution in [0.5, 0.6) is 23.0 Å². The summed E-state index contributed by atoms with van der Waals surface area (Å²) >= 11 is 6.14. The number of hydrogen-bond acceptors (Lipinski definition) is 4. The SMILES string of the molecule is C=CCC(=O)Oc1ccc(Oc2c(-c3ccc(O)c(Cl)c3)ccc3ccccc23)cc1. The highest BCUT2D eigenvalue weighted by atomic mass is 35.5. The van der Waals surface area contributed by atoms with Crippen molar-refractivity contribution in [2.45, 2.75) is 6.42 Å². The molecular formula is C26H19ClO4. The normalized spacial score (nSPS) is 10.6. The first kappa shape index (κ1) is 20.5. The number of hydrogen-bond donors (Lipinski definition) is 1. The van der Waals surface area contributed by atoms with E-state index < -0.39 is 0 Å². The van der Waals surface area contributed by atoms with Crippen LogP contribution in [0.25, 0.3) is 21.9 Å². The van der Waals surface area contributed by atoms with Gasteiger partial charge in [0.15, 0.2) is 0 Å². The van der Waals surface area contributed by atoms with E-state index in [-0.39, 0.29) is 23.2 Å². The summed E-state index contributed by atoms with van der Waals surface area (Å²) in [5.41, 5.74) is 1.65. The zero-order valence-corrected chi connectivity index (χ0v) is 17.3. The van der Waals surface area contributed by atoms with Gasteiger partial charge in [0.2, 0.25) is 0 Å². The first-order valence-electron chi connectivity index (χ1n) is 9.65. The minimum Gasteiger partial charge on any atom is -0.506 e. The lowest BCUT2D eigenvalue weighted by atomic mass is 9.99. The van der Waals surface area contributed by atoms with E-state index in [1.165, 1.54) is 6.08 Å². The van der Waals surface area contributed by atoms with Crippen LogP contribution in [-0.4, -0.2) is 11.1 Å². The van der Waals surface area contributed by atoms with Gasteiger partial charge in [0.05, 0.1) is 11.4 Å². The number of phenols is 1. The minimum absolute atomic E-state index is 0.0234. The van der Waals surface area contributed by atoms with E-state index in [9.17, 15) is 9.90 Å². The van der Waals surface area contributed by atoms with Gasteiger partial charge in [0.25, 0.3) is 0 Å². The van der Waals surface area contributed by atoms with Gasteiger partial charge in [-0.15, -0.1) is 6.58 Å². The number of rotatable bonds is 6. The third kappa shape index (κ3) is 4.55. The molecule has 0 saturated carbocycles. The zero-order valence-electron chi connectivity index (χ0n) is 16.5.